The molecule has 0 aliphatic carbocycles. The average molecular weight is 361 g/mol. The van der Waals surface area contributed by atoms with Gasteiger partial charge in [-0.15, -0.1) is 0 Å². The molecule has 0 atom stereocenters. The Hall–Kier alpha value is -2.06. The van der Waals surface area contributed by atoms with Crippen LogP contribution in [0.1, 0.15) is 17.7 Å². The standard InChI is InChI=1S/C15H16ClF3N4O/c1-9-7-13(21-14(24)5-6-20-2)23(22-9)12-8-10(15(17,18)19)3-4-11(12)16/h3-4,7-8,20H,5-6H2,1-2H3,(H,21,24). The molecule has 0 radical (unpaired) electrons. The Morgan fingerprint density at radius 1 is 1.33 bits per heavy atom. The molecule has 24 heavy (non-hydrogen) atoms. The molecule has 0 saturated heterocycles. The van der Waals surface area contributed by atoms with Crippen molar-refractivity contribution in [3.8, 4) is 5.69 Å². The average Bonchev–Trinajstić information content (AvgIpc) is 2.84. The Kier molecular flexibility index (Phi) is 5.51. The minimum absolute atomic E-state index is 0.0449. The second-order valence-electron chi connectivity index (χ2n) is 5.15. The molecule has 0 saturated carbocycles. The van der Waals surface area contributed by atoms with Crippen LogP contribution < -0.4 is 10.6 Å². The van der Waals surface area contributed by atoms with Crippen LogP contribution in [0.2, 0.25) is 5.02 Å². The van der Waals surface area contributed by atoms with Gasteiger partial charge in [-0.3, -0.25) is 4.79 Å². The number of halogens is 4. The number of aromatic nitrogens is 2. The van der Waals surface area contributed by atoms with Gasteiger partial charge in [0.15, 0.2) is 0 Å². The van der Waals surface area contributed by atoms with Crippen molar-refractivity contribution < 1.29 is 18.0 Å². The summed E-state index contributed by atoms with van der Waals surface area (Å²) in [6.45, 7) is 2.14. The topological polar surface area (TPSA) is 59.0 Å². The van der Waals surface area contributed by atoms with Crippen molar-refractivity contribution in [1.29, 1.82) is 0 Å². The normalized spacial score (nSPS) is 11.6. The van der Waals surface area contributed by atoms with E-state index in [4.69, 9.17) is 11.6 Å². The lowest BCUT2D eigenvalue weighted by atomic mass is 10.2. The van der Waals surface area contributed by atoms with E-state index in [1.165, 1.54) is 4.68 Å². The Morgan fingerprint density at radius 2 is 2.04 bits per heavy atom. The number of anilines is 1. The van der Waals surface area contributed by atoms with E-state index in [-0.39, 0.29) is 28.9 Å². The van der Waals surface area contributed by atoms with Crippen molar-refractivity contribution in [1.82, 2.24) is 15.1 Å². The molecule has 0 fully saturated rings. The predicted octanol–water partition coefficient (Wildman–Crippen LogP) is 3.40. The first-order valence-electron chi connectivity index (χ1n) is 7.10. The molecule has 2 aromatic rings. The summed E-state index contributed by atoms with van der Waals surface area (Å²) in [5.41, 5.74) is -0.265. The van der Waals surface area contributed by atoms with Gasteiger partial charge in [-0.2, -0.15) is 18.3 Å². The number of carbonyl (C=O) groups is 1. The lowest BCUT2D eigenvalue weighted by Crippen LogP contribution is -2.20. The molecule has 2 rings (SSSR count). The first-order valence-corrected chi connectivity index (χ1v) is 7.48. The van der Waals surface area contributed by atoms with Gasteiger partial charge < -0.3 is 10.6 Å². The van der Waals surface area contributed by atoms with Gasteiger partial charge in [0, 0.05) is 19.0 Å². The van der Waals surface area contributed by atoms with Crippen LogP contribution in [-0.4, -0.2) is 29.3 Å². The minimum atomic E-state index is -4.50. The molecule has 0 unspecified atom stereocenters. The molecule has 1 aromatic heterocycles. The van der Waals surface area contributed by atoms with E-state index in [9.17, 15) is 18.0 Å². The van der Waals surface area contributed by atoms with E-state index in [1.54, 1.807) is 20.0 Å². The molecule has 1 heterocycles. The zero-order chi connectivity index (χ0) is 17.9. The van der Waals surface area contributed by atoms with Crippen molar-refractivity contribution in [2.24, 2.45) is 0 Å². The Balaban J connectivity index is 2.41. The van der Waals surface area contributed by atoms with Gasteiger partial charge in [0.2, 0.25) is 5.91 Å². The number of amides is 1. The first-order chi connectivity index (χ1) is 11.2. The van der Waals surface area contributed by atoms with Crippen LogP contribution in [0.3, 0.4) is 0 Å². The molecule has 9 heteroatoms. The maximum Gasteiger partial charge on any atom is 0.416 e. The van der Waals surface area contributed by atoms with Gasteiger partial charge in [0.05, 0.1) is 22.0 Å². The second kappa shape index (κ2) is 7.23. The van der Waals surface area contributed by atoms with Crippen molar-refractivity contribution >= 4 is 23.3 Å². The number of benzene rings is 1. The SMILES string of the molecule is CNCCC(=O)Nc1cc(C)nn1-c1cc(C(F)(F)F)ccc1Cl. The number of nitrogens with one attached hydrogen (secondary N) is 2. The first kappa shape index (κ1) is 18.3. The van der Waals surface area contributed by atoms with E-state index in [1.807, 2.05) is 0 Å². The van der Waals surface area contributed by atoms with Crippen LogP contribution in [0, 0.1) is 6.92 Å². The number of aryl methyl sites for hydroxylation is 1. The minimum Gasteiger partial charge on any atom is -0.319 e. The molecule has 0 spiro atoms. The molecule has 0 aliphatic heterocycles. The summed E-state index contributed by atoms with van der Waals surface area (Å²) in [7, 11) is 1.71. The molecule has 0 aliphatic rings. The Bertz CT molecular complexity index is 743. The summed E-state index contributed by atoms with van der Waals surface area (Å²) < 4.78 is 40.0. The fraction of sp³-hybridized carbons (Fsp3) is 0.333. The third kappa shape index (κ3) is 4.27. The number of hydrogen-bond donors (Lipinski definition) is 2. The number of nitrogens with zero attached hydrogens (tertiary/aromatic N) is 2. The Morgan fingerprint density at radius 3 is 2.67 bits per heavy atom. The van der Waals surface area contributed by atoms with Crippen molar-refractivity contribution in [3.63, 3.8) is 0 Å². The van der Waals surface area contributed by atoms with E-state index in [0.717, 1.165) is 18.2 Å². The largest absolute Gasteiger partial charge is 0.416 e. The van der Waals surface area contributed by atoms with Gasteiger partial charge in [-0.25, -0.2) is 4.68 Å². The van der Waals surface area contributed by atoms with Crippen molar-refractivity contribution in [2.45, 2.75) is 19.5 Å². The predicted molar refractivity (Wildman–Crippen MR) is 85.5 cm³/mol. The molecule has 1 amide bonds. The van der Waals surface area contributed by atoms with E-state index >= 15 is 0 Å². The summed E-state index contributed by atoms with van der Waals surface area (Å²) in [6, 6.07) is 4.52. The van der Waals surface area contributed by atoms with Gasteiger partial charge in [-0.05, 0) is 32.2 Å². The second-order valence-corrected chi connectivity index (χ2v) is 5.56. The third-order valence-corrected chi connectivity index (χ3v) is 3.52. The number of carbonyl (C=O) groups excluding carboxylic acids is 1. The van der Waals surface area contributed by atoms with Gasteiger partial charge in [0.1, 0.15) is 5.82 Å². The Labute approximate surface area is 141 Å². The number of hydrogen-bond acceptors (Lipinski definition) is 3. The monoisotopic (exact) mass is 360 g/mol. The highest BCUT2D eigenvalue weighted by molar-refractivity contribution is 6.32. The quantitative estimate of drug-likeness (QED) is 0.859. The van der Waals surface area contributed by atoms with Crippen LogP contribution in [-0.2, 0) is 11.0 Å². The van der Waals surface area contributed by atoms with Crippen LogP contribution in [0.5, 0.6) is 0 Å². The fourth-order valence-electron chi connectivity index (χ4n) is 2.07. The fourth-order valence-corrected chi connectivity index (χ4v) is 2.26. The molecule has 0 bridgehead atoms. The third-order valence-electron chi connectivity index (χ3n) is 3.20. The van der Waals surface area contributed by atoms with E-state index in [0.29, 0.717) is 12.2 Å². The van der Waals surface area contributed by atoms with E-state index < -0.39 is 11.7 Å². The molecular formula is C15H16ClF3N4O. The van der Waals surface area contributed by atoms with Crippen LogP contribution in [0.4, 0.5) is 19.0 Å². The van der Waals surface area contributed by atoms with Crippen molar-refractivity contribution in [3.05, 3.63) is 40.5 Å². The van der Waals surface area contributed by atoms with Gasteiger partial charge >= 0.3 is 6.18 Å². The smallest absolute Gasteiger partial charge is 0.319 e. The molecule has 2 N–H and O–H groups in total. The zero-order valence-corrected chi connectivity index (χ0v) is 13.8. The summed E-state index contributed by atoms with van der Waals surface area (Å²) in [5, 5.41) is 9.70. The maximum absolute atomic E-state index is 12.9. The summed E-state index contributed by atoms with van der Waals surface area (Å²) in [5.74, 6) is -0.0246. The number of rotatable bonds is 5. The maximum atomic E-state index is 12.9. The van der Waals surface area contributed by atoms with Gasteiger partial charge in [0.25, 0.3) is 0 Å². The zero-order valence-electron chi connectivity index (χ0n) is 13.0. The molecule has 1 aromatic carbocycles. The summed E-state index contributed by atoms with van der Waals surface area (Å²) >= 11 is 6.03. The van der Waals surface area contributed by atoms with Crippen LogP contribution in [0.25, 0.3) is 5.69 Å². The van der Waals surface area contributed by atoms with E-state index in [2.05, 4.69) is 15.7 Å². The van der Waals surface area contributed by atoms with Crippen molar-refractivity contribution in [2.75, 3.05) is 18.9 Å². The summed E-state index contributed by atoms with van der Waals surface area (Å²) in [6.07, 6.45) is -4.28. The highest BCUT2D eigenvalue weighted by Crippen LogP contribution is 2.34. The highest BCUT2D eigenvalue weighted by atomic mass is 35.5. The lowest BCUT2D eigenvalue weighted by molar-refractivity contribution is -0.137. The highest BCUT2D eigenvalue weighted by Gasteiger charge is 2.31. The summed E-state index contributed by atoms with van der Waals surface area (Å²) in [4.78, 5) is 11.9. The molecule has 5 nitrogen and oxygen atoms in total. The van der Waals surface area contributed by atoms with Crippen LogP contribution >= 0.6 is 11.6 Å². The van der Waals surface area contributed by atoms with Gasteiger partial charge in [-0.1, -0.05) is 11.6 Å². The van der Waals surface area contributed by atoms with Crippen LogP contribution in [0.15, 0.2) is 24.3 Å². The number of alkyl halides is 3. The molecular weight excluding hydrogens is 345 g/mol. The lowest BCUT2D eigenvalue weighted by Gasteiger charge is -2.13. The molecule has 130 valence electrons.